The number of primary amides is 1. The first-order valence-electron chi connectivity index (χ1n) is 6.06. The van der Waals surface area contributed by atoms with Crippen molar-refractivity contribution in [2.45, 2.75) is 19.0 Å². The summed E-state index contributed by atoms with van der Waals surface area (Å²) in [6.45, 7) is 1.55. The van der Waals surface area contributed by atoms with Crippen LogP contribution in [-0.4, -0.2) is 42.2 Å². The van der Waals surface area contributed by atoms with Gasteiger partial charge < -0.3 is 20.1 Å². The Labute approximate surface area is 114 Å². The first-order chi connectivity index (χ1) is 9.44. The Hall–Kier alpha value is -1.96. The SMILES string of the molecule is CN1CCC(Oc2cc(OC(N)=O)cc(C(F)F)n2)C1. The molecule has 2 N–H and O–H groups in total. The summed E-state index contributed by atoms with van der Waals surface area (Å²) >= 11 is 0. The topological polar surface area (TPSA) is 77.7 Å². The van der Waals surface area contributed by atoms with Gasteiger partial charge in [-0.1, -0.05) is 0 Å². The second-order valence-electron chi connectivity index (χ2n) is 4.58. The lowest BCUT2D eigenvalue weighted by atomic mass is 10.3. The van der Waals surface area contributed by atoms with Gasteiger partial charge in [-0.25, -0.2) is 18.6 Å². The van der Waals surface area contributed by atoms with Crippen molar-refractivity contribution in [3.05, 3.63) is 17.8 Å². The maximum atomic E-state index is 12.7. The lowest BCUT2D eigenvalue weighted by Crippen LogP contribution is -2.22. The predicted molar refractivity (Wildman–Crippen MR) is 65.9 cm³/mol. The Morgan fingerprint density at radius 1 is 1.55 bits per heavy atom. The Kier molecular flexibility index (Phi) is 4.33. The lowest BCUT2D eigenvalue weighted by molar-refractivity contribution is 0.141. The number of amides is 1. The molecule has 1 aliphatic rings. The fourth-order valence-corrected chi connectivity index (χ4v) is 2.01. The molecule has 0 spiro atoms. The molecule has 6 nitrogen and oxygen atoms in total. The summed E-state index contributed by atoms with van der Waals surface area (Å²) in [6.07, 6.45) is -3.21. The molecule has 0 radical (unpaired) electrons. The number of ether oxygens (including phenoxy) is 2. The van der Waals surface area contributed by atoms with Crippen LogP contribution < -0.4 is 15.2 Å². The second kappa shape index (κ2) is 6.00. The van der Waals surface area contributed by atoms with Crippen molar-refractivity contribution in [2.24, 2.45) is 5.73 Å². The second-order valence-corrected chi connectivity index (χ2v) is 4.58. The molecular weight excluding hydrogens is 272 g/mol. The van der Waals surface area contributed by atoms with E-state index in [0.29, 0.717) is 6.54 Å². The smallest absolute Gasteiger partial charge is 0.409 e. The minimum Gasteiger partial charge on any atom is -0.473 e. The molecule has 2 rings (SSSR count). The fraction of sp³-hybridized carbons (Fsp3) is 0.500. The van der Waals surface area contributed by atoms with Gasteiger partial charge >= 0.3 is 6.09 Å². The number of nitrogens with two attached hydrogens (primary N) is 1. The molecule has 110 valence electrons. The number of halogens is 2. The number of alkyl halides is 2. The molecule has 0 aliphatic carbocycles. The molecule has 1 saturated heterocycles. The van der Waals surface area contributed by atoms with Crippen molar-refractivity contribution in [1.29, 1.82) is 0 Å². The van der Waals surface area contributed by atoms with Gasteiger partial charge in [-0.15, -0.1) is 0 Å². The van der Waals surface area contributed by atoms with Crippen LogP contribution in [0.2, 0.25) is 0 Å². The van der Waals surface area contributed by atoms with Crippen LogP contribution in [0.3, 0.4) is 0 Å². The molecule has 0 aromatic carbocycles. The minimum atomic E-state index is -2.79. The van der Waals surface area contributed by atoms with Crippen molar-refractivity contribution in [3.8, 4) is 11.6 Å². The Morgan fingerprint density at radius 3 is 2.85 bits per heavy atom. The van der Waals surface area contributed by atoms with E-state index >= 15 is 0 Å². The largest absolute Gasteiger partial charge is 0.473 e. The highest BCUT2D eigenvalue weighted by Gasteiger charge is 2.22. The van der Waals surface area contributed by atoms with Crippen molar-refractivity contribution in [1.82, 2.24) is 9.88 Å². The zero-order valence-corrected chi connectivity index (χ0v) is 10.9. The average Bonchev–Trinajstić information content (AvgIpc) is 2.73. The zero-order valence-electron chi connectivity index (χ0n) is 10.9. The van der Waals surface area contributed by atoms with E-state index < -0.39 is 18.2 Å². The molecule has 20 heavy (non-hydrogen) atoms. The minimum absolute atomic E-state index is 0.000602. The van der Waals surface area contributed by atoms with Crippen LogP contribution >= 0.6 is 0 Å². The summed E-state index contributed by atoms with van der Waals surface area (Å²) in [5.74, 6) is -0.108. The normalized spacial score (nSPS) is 19.3. The Balaban J connectivity index is 2.17. The first-order valence-corrected chi connectivity index (χ1v) is 6.06. The third-order valence-electron chi connectivity index (χ3n) is 2.87. The van der Waals surface area contributed by atoms with E-state index in [1.165, 1.54) is 6.07 Å². The van der Waals surface area contributed by atoms with Gasteiger partial charge in [-0.05, 0) is 13.5 Å². The number of likely N-dealkylation sites (tertiary alicyclic amines) is 1. The number of nitrogens with zero attached hydrogens (tertiary/aromatic N) is 2. The van der Waals surface area contributed by atoms with Crippen LogP contribution in [0.25, 0.3) is 0 Å². The third-order valence-corrected chi connectivity index (χ3v) is 2.87. The molecule has 1 aliphatic heterocycles. The van der Waals surface area contributed by atoms with Gasteiger partial charge in [-0.3, -0.25) is 0 Å². The van der Waals surface area contributed by atoms with E-state index in [1.807, 2.05) is 7.05 Å². The number of rotatable bonds is 4. The van der Waals surface area contributed by atoms with Crippen molar-refractivity contribution >= 4 is 6.09 Å². The van der Waals surface area contributed by atoms with Gasteiger partial charge in [0.05, 0.1) is 0 Å². The molecule has 1 atom stereocenters. The van der Waals surface area contributed by atoms with E-state index in [9.17, 15) is 13.6 Å². The molecule has 1 aromatic heterocycles. The number of hydrogen-bond donors (Lipinski definition) is 1. The van der Waals surface area contributed by atoms with Crippen LogP contribution in [0.4, 0.5) is 13.6 Å². The van der Waals surface area contributed by atoms with Crippen molar-refractivity contribution < 1.29 is 23.0 Å². The highest BCUT2D eigenvalue weighted by atomic mass is 19.3. The summed E-state index contributed by atoms with van der Waals surface area (Å²) in [5.41, 5.74) is 4.34. The highest BCUT2D eigenvalue weighted by molar-refractivity contribution is 5.68. The van der Waals surface area contributed by atoms with Gasteiger partial charge in [0.15, 0.2) is 0 Å². The van der Waals surface area contributed by atoms with Gasteiger partial charge in [0.25, 0.3) is 6.43 Å². The van der Waals surface area contributed by atoms with E-state index in [4.69, 9.17) is 10.5 Å². The van der Waals surface area contributed by atoms with Gasteiger partial charge in [-0.2, -0.15) is 0 Å². The Bertz CT molecular complexity index is 499. The standard InChI is InChI=1S/C12H15F2N3O3/c1-17-3-2-7(6-17)19-10-5-8(20-12(15)18)4-9(16-10)11(13)14/h4-5,7,11H,2-3,6H2,1H3,(H2,15,18). The van der Waals surface area contributed by atoms with Crippen LogP contribution in [0.5, 0.6) is 11.6 Å². The maximum Gasteiger partial charge on any atom is 0.409 e. The summed E-state index contributed by atoms with van der Waals surface area (Å²) in [7, 11) is 1.94. The summed E-state index contributed by atoms with van der Waals surface area (Å²) < 4.78 is 35.6. The predicted octanol–water partition coefficient (Wildman–Crippen LogP) is 1.56. The third kappa shape index (κ3) is 3.77. The van der Waals surface area contributed by atoms with Gasteiger partial charge in [0, 0.05) is 25.2 Å². The number of carbonyl (C=O) groups is 1. The van der Waals surface area contributed by atoms with E-state index in [-0.39, 0.29) is 17.7 Å². The van der Waals surface area contributed by atoms with Crippen molar-refractivity contribution in [3.63, 3.8) is 0 Å². The molecule has 0 saturated carbocycles. The van der Waals surface area contributed by atoms with E-state index in [0.717, 1.165) is 19.0 Å². The number of aromatic nitrogens is 1. The molecule has 1 amide bonds. The van der Waals surface area contributed by atoms with Crippen molar-refractivity contribution in [2.75, 3.05) is 20.1 Å². The van der Waals surface area contributed by atoms with Crippen LogP contribution in [-0.2, 0) is 0 Å². The van der Waals surface area contributed by atoms with Crippen LogP contribution in [0.1, 0.15) is 18.5 Å². The van der Waals surface area contributed by atoms with E-state index in [2.05, 4.69) is 14.6 Å². The number of carbonyl (C=O) groups excluding carboxylic acids is 1. The molecule has 8 heteroatoms. The molecule has 2 heterocycles. The monoisotopic (exact) mass is 287 g/mol. The Morgan fingerprint density at radius 2 is 2.30 bits per heavy atom. The summed E-state index contributed by atoms with van der Waals surface area (Å²) in [4.78, 5) is 16.5. The number of pyridine rings is 1. The molecule has 1 unspecified atom stereocenters. The van der Waals surface area contributed by atoms with E-state index in [1.54, 1.807) is 0 Å². The molecule has 0 bridgehead atoms. The fourth-order valence-electron chi connectivity index (χ4n) is 2.01. The lowest BCUT2D eigenvalue weighted by Gasteiger charge is -2.14. The van der Waals surface area contributed by atoms with Crippen LogP contribution in [0, 0.1) is 0 Å². The number of hydrogen-bond acceptors (Lipinski definition) is 5. The van der Waals surface area contributed by atoms with Gasteiger partial charge in [0.2, 0.25) is 5.88 Å². The summed E-state index contributed by atoms with van der Waals surface area (Å²) in [6, 6.07) is 2.23. The van der Waals surface area contributed by atoms with Gasteiger partial charge in [0.1, 0.15) is 17.5 Å². The highest BCUT2D eigenvalue weighted by Crippen LogP contribution is 2.27. The molecule has 1 fully saturated rings. The maximum absolute atomic E-state index is 12.7. The van der Waals surface area contributed by atoms with Crippen LogP contribution in [0.15, 0.2) is 12.1 Å². The zero-order chi connectivity index (χ0) is 14.7. The number of likely N-dealkylation sites (N-methyl/N-ethyl adjacent to an activating group) is 1. The summed E-state index contributed by atoms with van der Waals surface area (Å²) in [5, 5.41) is 0. The quantitative estimate of drug-likeness (QED) is 0.909. The first kappa shape index (κ1) is 14.4. The molecular formula is C12H15F2N3O3. The molecule has 1 aromatic rings. The average molecular weight is 287 g/mol.